The van der Waals surface area contributed by atoms with Crippen molar-refractivity contribution in [2.24, 2.45) is 0 Å². The van der Waals surface area contributed by atoms with Gasteiger partial charge in [0.1, 0.15) is 0 Å². The van der Waals surface area contributed by atoms with Gasteiger partial charge in [0.2, 0.25) is 0 Å². The molecule has 3 rings (SSSR count). The molecule has 1 heterocycles. The number of aromatic nitrogens is 2. The zero-order valence-electron chi connectivity index (χ0n) is 13.9. The average Bonchev–Trinajstić information content (AvgIpc) is 3.24. The summed E-state index contributed by atoms with van der Waals surface area (Å²) < 4.78 is 1.90. The van der Waals surface area contributed by atoms with Crippen molar-refractivity contribution in [2.75, 3.05) is 13.3 Å². The van der Waals surface area contributed by atoms with E-state index in [1.54, 1.807) is 12.5 Å². The molecule has 4 nitrogen and oxygen atoms in total. The van der Waals surface area contributed by atoms with Crippen LogP contribution in [-0.4, -0.2) is 45.0 Å². The SMILES string of the molecule is CS[C@@H]1CC[C@H](N(C)C(=O)c2cc(C)ccc2-n2ccnc2)C1. The number of hydrogen-bond acceptors (Lipinski definition) is 3. The van der Waals surface area contributed by atoms with Crippen LogP contribution in [0.4, 0.5) is 0 Å². The van der Waals surface area contributed by atoms with Crippen molar-refractivity contribution >= 4 is 17.7 Å². The summed E-state index contributed by atoms with van der Waals surface area (Å²) in [6, 6.07) is 6.36. The van der Waals surface area contributed by atoms with Gasteiger partial charge in [-0.25, -0.2) is 4.98 Å². The minimum absolute atomic E-state index is 0.101. The third-order valence-electron chi connectivity index (χ3n) is 4.72. The summed E-state index contributed by atoms with van der Waals surface area (Å²) in [6.45, 7) is 2.02. The van der Waals surface area contributed by atoms with Crippen molar-refractivity contribution in [1.29, 1.82) is 0 Å². The first-order chi connectivity index (χ1) is 11.1. The molecule has 1 aliphatic rings. The minimum Gasteiger partial charge on any atom is -0.339 e. The average molecular weight is 329 g/mol. The number of thioether (sulfide) groups is 1. The number of hydrogen-bond donors (Lipinski definition) is 0. The fraction of sp³-hybridized carbons (Fsp3) is 0.444. The molecule has 0 aliphatic heterocycles. The zero-order chi connectivity index (χ0) is 16.4. The van der Waals surface area contributed by atoms with Crippen LogP contribution in [0.2, 0.25) is 0 Å². The molecular weight excluding hydrogens is 306 g/mol. The van der Waals surface area contributed by atoms with E-state index in [-0.39, 0.29) is 5.91 Å². The van der Waals surface area contributed by atoms with Gasteiger partial charge in [0.05, 0.1) is 17.6 Å². The summed E-state index contributed by atoms with van der Waals surface area (Å²) in [4.78, 5) is 19.1. The highest BCUT2D eigenvalue weighted by Gasteiger charge is 2.30. The Morgan fingerprint density at radius 3 is 2.87 bits per heavy atom. The van der Waals surface area contributed by atoms with Crippen LogP contribution in [0.5, 0.6) is 0 Å². The van der Waals surface area contributed by atoms with Crippen molar-refractivity contribution in [3.63, 3.8) is 0 Å². The molecule has 0 radical (unpaired) electrons. The summed E-state index contributed by atoms with van der Waals surface area (Å²) >= 11 is 1.91. The molecule has 1 aromatic carbocycles. The molecule has 23 heavy (non-hydrogen) atoms. The summed E-state index contributed by atoms with van der Waals surface area (Å²) in [5.41, 5.74) is 2.74. The third-order valence-corrected chi connectivity index (χ3v) is 5.82. The van der Waals surface area contributed by atoms with Gasteiger partial charge in [0, 0.05) is 30.7 Å². The zero-order valence-corrected chi connectivity index (χ0v) is 14.7. The molecular formula is C18H23N3OS. The quantitative estimate of drug-likeness (QED) is 0.861. The number of imidazole rings is 1. The molecule has 0 bridgehead atoms. The van der Waals surface area contributed by atoms with Crippen LogP contribution in [0.3, 0.4) is 0 Å². The lowest BCUT2D eigenvalue weighted by Gasteiger charge is -2.26. The second-order valence-electron chi connectivity index (χ2n) is 6.23. The topological polar surface area (TPSA) is 38.1 Å². The second kappa shape index (κ2) is 6.79. The standard InChI is InChI=1S/C18H23N3OS/c1-13-4-7-17(21-9-8-19-12-21)16(10-13)18(22)20(2)14-5-6-15(11-14)23-3/h4,7-10,12,14-15H,5-6,11H2,1-3H3/t14-,15+/m0/s1. The maximum absolute atomic E-state index is 13.1. The normalized spacial score (nSPS) is 20.7. The maximum atomic E-state index is 13.1. The van der Waals surface area contributed by atoms with E-state index >= 15 is 0 Å². The molecule has 0 N–H and O–H groups in total. The summed E-state index contributed by atoms with van der Waals surface area (Å²) in [6.07, 6.45) is 10.9. The molecule has 1 aliphatic carbocycles. The lowest BCUT2D eigenvalue weighted by atomic mass is 10.1. The third kappa shape index (κ3) is 3.29. The van der Waals surface area contributed by atoms with Crippen molar-refractivity contribution in [3.8, 4) is 5.69 Å². The molecule has 2 aromatic rings. The molecule has 1 aromatic heterocycles. The highest BCUT2D eigenvalue weighted by atomic mass is 32.2. The van der Waals surface area contributed by atoms with E-state index in [1.165, 1.54) is 6.42 Å². The first-order valence-corrected chi connectivity index (χ1v) is 9.28. The van der Waals surface area contributed by atoms with Crippen molar-refractivity contribution < 1.29 is 4.79 Å². The Balaban J connectivity index is 1.88. The van der Waals surface area contributed by atoms with Gasteiger partial charge in [0.15, 0.2) is 0 Å². The maximum Gasteiger partial charge on any atom is 0.255 e. The summed E-state index contributed by atoms with van der Waals surface area (Å²) in [5.74, 6) is 0.101. The summed E-state index contributed by atoms with van der Waals surface area (Å²) in [5, 5.41) is 0.681. The van der Waals surface area contributed by atoms with E-state index < -0.39 is 0 Å². The molecule has 1 amide bonds. The molecule has 0 saturated heterocycles. The van der Waals surface area contributed by atoms with Crippen LogP contribution >= 0.6 is 11.8 Å². The van der Waals surface area contributed by atoms with Gasteiger partial charge in [-0.1, -0.05) is 11.6 Å². The Morgan fingerprint density at radius 2 is 2.22 bits per heavy atom. The van der Waals surface area contributed by atoms with E-state index in [1.807, 2.05) is 59.6 Å². The van der Waals surface area contributed by atoms with Gasteiger partial charge in [-0.3, -0.25) is 4.79 Å². The van der Waals surface area contributed by atoms with Gasteiger partial charge < -0.3 is 9.47 Å². The molecule has 1 fully saturated rings. The number of carbonyl (C=O) groups excluding carboxylic acids is 1. The lowest BCUT2D eigenvalue weighted by molar-refractivity contribution is 0.0735. The van der Waals surface area contributed by atoms with Crippen LogP contribution in [0.1, 0.15) is 35.2 Å². The lowest BCUT2D eigenvalue weighted by Crippen LogP contribution is -2.36. The van der Waals surface area contributed by atoms with E-state index in [4.69, 9.17) is 0 Å². The van der Waals surface area contributed by atoms with E-state index in [9.17, 15) is 4.79 Å². The van der Waals surface area contributed by atoms with E-state index in [2.05, 4.69) is 11.2 Å². The van der Waals surface area contributed by atoms with Crippen LogP contribution in [0, 0.1) is 6.92 Å². The van der Waals surface area contributed by atoms with E-state index in [0.29, 0.717) is 11.3 Å². The second-order valence-corrected chi connectivity index (χ2v) is 7.37. The largest absolute Gasteiger partial charge is 0.339 e. The Labute approximate surface area is 141 Å². The Bertz CT molecular complexity index is 684. The fourth-order valence-corrected chi connectivity index (χ4v) is 4.07. The van der Waals surface area contributed by atoms with Crippen LogP contribution in [-0.2, 0) is 0 Å². The molecule has 2 atom stereocenters. The molecule has 122 valence electrons. The molecule has 1 saturated carbocycles. The van der Waals surface area contributed by atoms with E-state index in [0.717, 1.165) is 29.7 Å². The van der Waals surface area contributed by atoms with Gasteiger partial charge in [-0.2, -0.15) is 11.8 Å². The van der Waals surface area contributed by atoms with Crippen LogP contribution < -0.4 is 0 Å². The first kappa shape index (κ1) is 16.1. The Morgan fingerprint density at radius 1 is 1.39 bits per heavy atom. The number of amides is 1. The highest BCUT2D eigenvalue weighted by Crippen LogP contribution is 2.32. The smallest absolute Gasteiger partial charge is 0.255 e. The Kier molecular flexibility index (Phi) is 4.76. The number of carbonyl (C=O) groups is 1. The number of nitrogens with zero attached hydrogens (tertiary/aromatic N) is 3. The van der Waals surface area contributed by atoms with Gasteiger partial charge in [-0.15, -0.1) is 0 Å². The summed E-state index contributed by atoms with van der Waals surface area (Å²) in [7, 11) is 1.94. The van der Waals surface area contributed by atoms with Gasteiger partial charge in [0.25, 0.3) is 5.91 Å². The predicted molar refractivity (Wildman–Crippen MR) is 95.3 cm³/mol. The number of aryl methyl sites for hydroxylation is 1. The highest BCUT2D eigenvalue weighted by molar-refractivity contribution is 7.99. The fourth-order valence-electron chi connectivity index (χ4n) is 3.29. The van der Waals surface area contributed by atoms with Gasteiger partial charge >= 0.3 is 0 Å². The number of rotatable bonds is 4. The predicted octanol–water partition coefficient (Wildman–Crippen LogP) is 3.54. The van der Waals surface area contributed by atoms with Crippen molar-refractivity contribution in [1.82, 2.24) is 14.5 Å². The van der Waals surface area contributed by atoms with Crippen molar-refractivity contribution in [2.45, 2.75) is 37.5 Å². The first-order valence-electron chi connectivity index (χ1n) is 7.99. The monoisotopic (exact) mass is 329 g/mol. The molecule has 0 spiro atoms. The minimum atomic E-state index is 0.101. The Hall–Kier alpha value is -1.75. The number of benzene rings is 1. The van der Waals surface area contributed by atoms with Gasteiger partial charge in [-0.05, 0) is 44.6 Å². The van der Waals surface area contributed by atoms with Crippen LogP contribution in [0.25, 0.3) is 5.69 Å². The van der Waals surface area contributed by atoms with Crippen molar-refractivity contribution in [3.05, 3.63) is 48.0 Å². The van der Waals surface area contributed by atoms with Crippen LogP contribution in [0.15, 0.2) is 36.9 Å². The molecule has 5 heteroatoms. The molecule has 0 unspecified atom stereocenters.